The van der Waals surface area contributed by atoms with Gasteiger partial charge in [-0.2, -0.15) is 0 Å². The number of hydrogen-bond acceptors (Lipinski definition) is 6. The van der Waals surface area contributed by atoms with Crippen molar-refractivity contribution in [2.45, 2.75) is 19.3 Å². The van der Waals surface area contributed by atoms with Crippen LogP contribution in [0.25, 0.3) is 0 Å². The quantitative estimate of drug-likeness (QED) is 0.570. The van der Waals surface area contributed by atoms with Gasteiger partial charge in [-0.3, -0.25) is 4.79 Å². The Bertz CT molecular complexity index is 783. The number of ether oxygens (including phenoxy) is 4. The molecule has 164 valence electrons. The number of carbonyl (C=O) groups excluding carboxylic acids is 1. The molecule has 2 aromatic carbocycles. The minimum absolute atomic E-state index is 0.0636. The number of anilines is 1. The summed E-state index contributed by atoms with van der Waals surface area (Å²) in [4.78, 5) is 14.5. The van der Waals surface area contributed by atoms with Gasteiger partial charge in [-0.25, -0.2) is 0 Å². The van der Waals surface area contributed by atoms with Crippen molar-refractivity contribution in [1.82, 2.24) is 4.90 Å². The van der Waals surface area contributed by atoms with Crippen molar-refractivity contribution in [3.63, 3.8) is 0 Å². The summed E-state index contributed by atoms with van der Waals surface area (Å²) in [5.74, 6) is 2.31. The third-order valence-corrected chi connectivity index (χ3v) is 4.83. The average molecular weight is 417 g/mol. The van der Waals surface area contributed by atoms with Gasteiger partial charge in [-0.15, -0.1) is 0 Å². The van der Waals surface area contributed by atoms with Gasteiger partial charge in [0.25, 0.3) is 0 Å². The molecule has 0 aliphatic rings. The molecule has 2 rings (SSSR count). The van der Waals surface area contributed by atoms with Crippen LogP contribution >= 0.6 is 0 Å². The maximum atomic E-state index is 12.4. The first-order valence-corrected chi connectivity index (χ1v) is 9.92. The molecule has 1 amide bonds. The Labute approximate surface area is 178 Å². The van der Waals surface area contributed by atoms with E-state index >= 15 is 0 Å². The Hall–Kier alpha value is -2.93. The lowest BCUT2D eigenvalue weighted by Crippen LogP contribution is -2.25. The first-order valence-electron chi connectivity index (χ1n) is 9.92. The number of amides is 1. The molecule has 0 bridgehead atoms. The van der Waals surface area contributed by atoms with Gasteiger partial charge in [-0.1, -0.05) is 12.1 Å². The lowest BCUT2D eigenvalue weighted by Gasteiger charge is -2.17. The summed E-state index contributed by atoms with van der Waals surface area (Å²) in [5, 5.41) is 2.90. The molecule has 30 heavy (non-hydrogen) atoms. The van der Waals surface area contributed by atoms with Gasteiger partial charge < -0.3 is 29.2 Å². The molecular formula is C23H32N2O5. The Morgan fingerprint density at radius 1 is 0.900 bits per heavy atom. The van der Waals surface area contributed by atoms with Crippen LogP contribution in [0.4, 0.5) is 5.69 Å². The Morgan fingerprint density at radius 3 is 2.07 bits per heavy atom. The number of nitrogens with one attached hydrogen (secondary N) is 1. The zero-order valence-electron chi connectivity index (χ0n) is 18.5. The highest BCUT2D eigenvalue weighted by Gasteiger charge is 2.14. The van der Waals surface area contributed by atoms with E-state index in [1.807, 2.05) is 19.2 Å². The van der Waals surface area contributed by atoms with Crippen LogP contribution < -0.4 is 24.3 Å². The van der Waals surface area contributed by atoms with Gasteiger partial charge >= 0.3 is 0 Å². The van der Waals surface area contributed by atoms with Crippen molar-refractivity contribution >= 4 is 11.6 Å². The fraction of sp³-hybridized carbons (Fsp3) is 0.435. The highest BCUT2D eigenvalue weighted by atomic mass is 16.5. The fourth-order valence-corrected chi connectivity index (χ4v) is 3.13. The first kappa shape index (κ1) is 23.3. The number of rotatable bonds is 12. The SMILES string of the molecule is COc1ccc(CCCN(C)CCC(=O)Nc2cc(OC)c(OC)c(OC)c2)cc1. The zero-order valence-corrected chi connectivity index (χ0v) is 18.5. The van der Waals surface area contributed by atoms with E-state index in [0.29, 0.717) is 35.9 Å². The second-order valence-electron chi connectivity index (χ2n) is 6.97. The number of benzene rings is 2. The van der Waals surface area contributed by atoms with Crippen molar-refractivity contribution in [3.8, 4) is 23.0 Å². The monoisotopic (exact) mass is 416 g/mol. The highest BCUT2D eigenvalue weighted by Crippen LogP contribution is 2.39. The highest BCUT2D eigenvalue weighted by molar-refractivity contribution is 5.91. The van der Waals surface area contributed by atoms with Crippen molar-refractivity contribution in [3.05, 3.63) is 42.0 Å². The molecule has 0 unspecified atom stereocenters. The summed E-state index contributed by atoms with van der Waals surface area (Å²) >= 11 is 0. The molecular weight excluding hydrogens is 384 g/mol. The number of methoxy groups -OCH3 is 4. The largest absolute Gasteiger partial charge is 0.497 e. The normalized spacial score (nSPS) is 10.6. The third kappa shape index (κ3) is 6.84. The van der Waals surface area contributed by atoms with E-state index in [2.05, 4.69) is 22.3 Å². The van der Waals surface area contributed by atoms with E-state index in [0.717, 1.165) is 25.1 Å². The molecule has 0 fully saturated rings. The van der Waals surface area contributed by atoms with E-state index in [4.69, 9.17) is 18.9 Å². The van der Waals surface area contributed by atoms with Crippen molar-refractivity contribution in [2.75, 3.05) is 53.9 Å². The molecule has 0 heterocycles. The van der Waals surface area contributed by atoms with E-state index < -0.39 is 0 Å². The lowest BCUT2D eigenvalue weighted by atomic mass is 10.1. The second kappa shape index (κ2) is 11.9. The van der Waals surface area contributed by atoms with E-state index in [1.54, 1.807) is 40.6 Å². The summed E-state index contributed by atoms with van der Waals surface area (Å²) in [7, 11) is 8.33. The van der Waals surface area contributed by atoms with Crippen LogP contribution in [0.15, 0.2) is 36.4 Å². The average Bonchev–Trinajstić information content (AvgIpc) is 2.77. The Kier molecular flexibility index (Phi) is 9.28. The predicted octanol–water partition coefficient (Wildman–Crippen LogP) is 3.61. The summed E-state index contributed by atoms with van der Waals surface area (Å²) in [6.07, 6.45) is 2.42. The Balaban J connectivity index is 1.78. The first-order chi connectivity index (χ1) is 14.5. The van der Waals surface area contributed by atoms with Gasteiger partial charge in [0.05, 0.1) is 28.4 Å². The fourth-order valence-electron chi connectivity index (χ4n) is 3.13. The Morgan fingerprint density at radius 2 is 1.53 bits per heavy atom. The zero-order chi connectivity index (χ0) is 21.9. The maximum Gasteiger partial charge on any atom is 0.225 e. The lowest BCUT2D eigenvalue weighted by molar-refractivity contribution is -0.116. The number of carbonyl (C=O) groups is 1. The predicted molar refractivity (Wildman–Crippen MR) is 118 cm³/mol. The molecule has 0 radical (unpaired) electrons. The van der Waals surface area contributed by atoms with Crippen molar-refractivity contribution in [1.29, 1.82) is 0 Å². The molecule has 0 aromatic heterocycles. The molecule has 0 spiro atoms. The molecule has 0 saturated carbocycles. The summed E-state index contributed by atoms with van der Waals surface area (Å²) in [6, 6.07) is 11.6. The van der Waals surface area contributed by atoms with Gasteiger partial charge in [-0.05, 0) is 44.1 Å². The molecule has 0 aliphatic carbocycles. The van der Waals surface area contributed by atoms with E-state index in [1.165, 1.54) is 5.56 Å². The molecule has 0 saturated heterocycles. The smallest absolute Gasteiger partial charge is 0.225 e. The molecule has 0 atom stereocenters. The molecule has 7 nitrogen and oxygen atoms in total. The number of hydrogen-bond donors (Lipinski definition) is 1. The van der Waals surface area contributed by atoms with Gasteiger partial charge in [0.2, 0.25) is 11.7 Å². The van der Waals surface area contributed by atoms with Crippen LogP contribution in [-0.2, 0) is 11.2 Å². The van der Waals surface area contributed by atoms with Gasteiger partial charge in [0, 0.05) is 30.8 Å². The van der Waals surface area contributed by atoms with Gasteiger partial charge in [0.15, 0.2) is 11.5 Å². The van der Waals surface area contributed by atoms with Crippen LogP contribution in [0.5, 0.6) is 23.0 Å². The van der Waals surface area contributed by atoms with Crippen LogP contribution in [0.2, 0.25) is 0 Å². The van der Waals surface area contributed by atoms with Crippen LogP contribution in [0.3, 0.4) is 0 Å². The minimum atomic E-state index is -0.0636. The van der Waals surface area contributed by atoms with E-state index in [-0.39, 0.29) is 5.91 Å². The summed E-state index contributed by atoms with van der Waals surface area (Å²) in [6.45, 7) is 1.60. The molecule has 7 heteroatoms. The number of aryl methyl sites for hydroxylation is 1. The van der Waals surface area contributed by atoms with Crippen LogP contribution in [-0.4, -0.2) is 59.4 Å². The third-order valence-electron chi connectivity index (χ3n) is 4.83. The van der Waals surface area contributed by atoms with Crippen molar-refractivity contribution < 1.29 is 23.7 Å². The summed E-state index contributed by atoms with van der Waals surface area (Å²) < 4.78 is 21.1. The maximum absolute atomic E-state index is 12.4. The number of nitrogens with zero attached hydrogens (tertiary/aromatic N) is 1. The van der Waals surface area contributed by atoms with Gasteiger partial charge in [0.1, 0.15) is 5.75 Å². The second-order valence-corrected chi connectivity index (χ2v) is 6.97. The topological polar surface area (TPSA) is 69.3 Å². The van der Waals surface area contributed by atoms with Crippen LogP contribution in [0.1, 0.15) is 18.4 Å². The molecule has 2 aromatic rings. The molecule has 1 N–H and O–H groups in total. The van der Waals surface area contributed by atoms with Crippen LogP contribution in [0, 0.1) is 0 Å². The minimum Gasteiger partial charge on any atom is -0.497 e. The standard InChI is InChI=1S/C23H32N2O5/c1-25(13-6-7-17-8-10-19(27-2)11-9-17)14-12-22(26)24-18-15-20(28-3)23(30-5)21(16-18)29-4/h8-11,15-16H,6-7,12-14H2,1-5H3,(H,24,26). The van der Waals surface area contributed by atoms with E-state index in [9.17, 15) is 4.79 Å². The summed E-state index contributed by atoms with van der Waals surface area (Å²) in [5.41, 5.74) is 1.89. The molecule has 0 aliphatic heterocycles. The van der Waals surface area contributed by atoms with Crippen molar-refractivity contribution in [2.24, 2.45) is 0 Å².